The van der Waals surface area contributed by atoms with Crippen molar-refractivity contribution in [1.82, 2.24) is 19.8 Å². The van der Waals surface area contributed by atoms with E-state index in [1.54, 1.807) is 35.6 Å². The quantitative estimate of drug-likeness (QED) is 0.409. The van der Waals surface area contributed by atoms with Crippen molar-refractivity contribution in [3.8, 4) is 22.6 Å². The van der Waals surface area contributed by atoms with Crippen LogP contribution < -0.4 is 4.72 Å². The molecule has 0 atom stereocenters. The minimum Gasteiger partial charge on any atom is -0.339 e. The van der Waals surface area contributed by atoms with Gasteiger partial charge in [-0.2, -0.15) is 4.98 Å². The Bertz CT molecular complexity index is 1320. The van der Waals surface area contributed by atoms with Crippen LogP contribution in [-0.2, 0) is 16.4 Å². The molecule has 9 heteroatoms. The van der Waals surface area contributed by atoms with E-state index >= 15 is 0 Å². The summed E-state index contributed by atoms with van der Waals surface area (Å²) in [7, 11) is -3.57. The van der Waals surface area contributed by atoms with E-state index < -0.39 is 10.0 Å². The Morgan fingerprint density at radius 1 is 1.03 bits per heavy atom. The zero-order valence-electron chi connectivity index (χ0n) is 17.5. The molecular weight excluding hydrogens is 444 g/mol. The van der Waals surface area contributed by atoms with Crippen molar-refractivity contribution in [2.24, 2.45) is 0 Å². The van der Waals surface area contributed by atoms with Crippen LogP contribution in [0.3, 0.4) is 0 Å². The number of nitrogens with zero attached hydrogens (tertiary/aromatic N) is 3. The van der Waals surface area contributed by atoms with Crippen LogP contribution >= 0.6 is 11.3 Å². The second-order valence-electron chi connectivity index (χ2n) is 7.90. The first-order valence-corrected chi connectivity index (χ1v) is 12.8. The molecule has 4 aromatic rings. The van der Waals surface area contributed by atoms with Crippen molar-refractivity contribution in [3.05, 3.63) is 70.4 Å². The highest BCUT2D eigenvalue weighted by molar-refractivity contribution is 7.89. The molecule has 0 spiro atoms. The molecular formula is C23H22N4O3S2. The molecule has 1 aliphatic carbocycles. The molecule has 1 saturated carbocycles. The first-order valence-electron chi connectivity index (χ1n) is 10.4. The van der Waals surface area contributed by atoms with Gasteiger partial charge in [-0.25, -0.2) is 18.1 Å². The molecule has 5 rings (SSSR count). The van der Waals surface area contributed by atoms with Crippen LogP contribution in [0.5, 0.6) is 0 Å². The predicted octanol–water partition coefficient (Wildman–Crippen LogP) is 4.57. The maximum atomic E-state index is 12.4. The van der Waals surface area contributed by atoms with Crippen LogP contribution in [0.15, 0.2) is 63.3 Å². The van der Waals surface area contributed by atoms with Crippen molar-refractivity contribution in [3.63, 3.8) is 0 Å². The molecule has 0 bridgehead atoms. The van der Waals surface area contributed by atoms with Gasteiger partial charge in [-0.15, -0.1) is 11.3 Å². The number of thiazole rings is 1. The van der Waals surface area contributed by atoms with Crippen LogP contribution in [0.1, 0.15) is 35.2 Å². The maximum Gasteiger partial charge on any atom is 0.240 e. The van der Waals surface area contributed by atoms with Crippen molar-refractivity contribution in [2.75, 3.05) is 6.54 Å². The van der Waals surface area contributed by atoms with Gasteiger partial charge in [-0.05, 0) is 31.9 Å². The summed E-state index contributed by atoms with van der Waals surface area (Å²) in [5.41, 5.74) is 3.90. The van der Waals surface area contributed by atoms with Gasteiger partial charge < -0.3 is 4.52 Å². The Hall–Kier alpha value is -2.88. The lowest BCUT2D eigenvalue weighted by Crippen LogP contribution is -2.26. The number of aryl methyl sites for hydroxylation is 1. The Morgan fingerprint density at radius 3 is 2.47 bits per heavy atom. The van der Waals surface area contributed by atoms with Crippen molar-refractivity contribution < 1.29 is 12.9 Å². The van der Waals surface area contributed by atoms with E-state index in [9.17, 15) is 8.42 Å². The summed E-state index contributed by atoms with van der Waals surface area (Å²) < 4.78 is 32.6. The van der Waals surface area contributed by atoms with Gasteiger partial charge in [0.15, 0.2) is 0 Å². The lowest BCUT2D eigenvalue weighted by Gasteiger charge is -2.05. The molecule has 7 nitrogen and oxygen atoms in total. The van der Waals surface area contributed by atoms with Gasteiger partial charge in [0.05, 0.1) is 15.6 Å². The fourth-order valence-electron chi connectivity index (χ4n) is 3.29. The second kappa shape index (κ2) is 8.57. The van der Waals surface area contributed by atoms with Crippen LogP contribution in [0, 0.1) is 6.92 Å². The molecule has 0 amide bonds. The molecule has 32 heavy (non-hydrogen) atoms. The van der Waals surface area contributed by atoms with E-state index in [1.807, 2.05) is 31.2 Å². The molecule has 0 saturated heterocycles. The highest BCUT2D eigenvalue weighted by Gasteiger charge is 2.26. The average Bonchev–Trinajstić information content (AvgIpc) is 3.33. The Kier molecular flexibility index (Phi) is 5.62. The van der Waals surface area contributed by atoms with Gasteiger partial charge in [0.2, 0.25) is 21.7 Å². The Labute approximate surface area is 190 Å². The summed E-state index contributed by atoms with van der Waals surface area (Å²) in [6.07, 6.45) is 2.80. The van der Waals surface area contributed by atoms with E-state index in [1.165, 1.54) is 17.8 Å². The van der Waals surface area contributed by atoms with E-state index in [2.05, 4.69) is 20.2 Å². The lowest BCUT2D eigenvalue weighted by molar-refractivity contribution is 0.379. The molecule has 1 aliphatic rings. The molecule has 1 fully saturated rings. The number of sulfonamides is 1. The number of nitrogens with one attached hydrogen (secondary N) is 1. The van der Waals surface area contributed by atoms with Gasteiger partial charge >= 0.3 is 0 Å². The zero-order valence-corrected chi connectivity index (χ0v) is 19.1. The maximum absolute atomic E-state index is 12.4. The highest BCUT2D eigenvalue weighted by Crippen LogP contribution is 2.42. The minimum absolute atomic E-state index is 0.171. The van der Waals surface area contributed by atoms with E-state index in [0.717, 1.165) is 22.4 Å². The van der Waals surface area contributed by atoms with Crippen molar-refractivity contribution >= 4 is 21.4 Å². The molecule has 0 unspecified atom stereocenters. The average molecular weight is 467 g/mol. The Morgan fingerprint density at radius 2 is 1.75 bits per heavy atom. The number of rotatable bonds is 8. The third-order valence-corrected chi connectivity index (χ3v) is 7.80. The summed E-state index contributed by atoms with van der Waals surface area (Å²) in [6, 6.07) is 14.6. The molecule has 2 aromatic heterocycles. The topological polar surface area (TPSA) is 98.0 Å². The first kappa shape index (κ1) is 21.0. The van der Waals surface area contributed by atoms with E-state index in [4.69, 9.17) is 9.51 Å². The fraction of sp³-hybridized carbons (Fsp3) is 0.261. The highest BCUT2D eigenvalue weighted by atomic mass is 32.2. The standard InChI is InChI=1S/C23H22N4O3S2/c1-15-2-10-19(11-3-15)32(28,29)24-13-12-21-26-22(27-30-21)17-6-4-16(5-7-17)20-14-31-23(25-20)18-8-9-18/h2-7,10-11,14,18,24H,8-9,12-13H2,1H3. The third-order valence-electron chi connectivity index (χ3n) is 5.32. The normalized spacial score (nSPS) is 14.0. The smallest absolute Gasteiger partial charge is 0.240 e. The van der Waals surface area contributed by atoms with Crippen LogP contribution in [0.4, 0.5) is 0 Å². The lowest BCUT2D eigenvalue weighted by atomic mass is 10.1. The summed E-state index contributed by atoms with van der Waals surface area (Å²) >= 11 is 1.73. The van der Waals surface area contributed by atoms with E-state index in [0.29, 0.717) is 24.1 Å². The monoisotopic (exact) mass is 466 g/mol. The van der Waals surface area contributed by atoms with Crippen LogP contribution in [-0.4, -0.2) is 30.1 Å². The second-order valence-corrected chi connectivity index (χ2v) is 10.6. The number of hydrogen-bond donors (Lipinski definition) is 1. The number of benzene rings is 2. The van der Waals surface area contributed by atoms with E-state index in [-0.39, 0.29) is 11.4 Å². The summed E-state index contributed by atoms with van der Waals surface area (Å²) in [4.78, 5) is 9.37. The number of hydrogen-bond acceptors (Lipinski definition) is 7. The van der Waals surface area contributed by atoms with Crippen molar-refractivity contribution in [2.45, 2.75) is 37.0 Å². The fourth-order valence-corrected chi connectivity index (χ4v) is 5.33. The molecule has 1 N–H and O–H groups in total. The molecule has 2 heterocycles. The summed E-state index contributed by atoms with van der Waals surface area (Å²) in [5.74, 6) is 1.52. The van der Waals surface area contributed by atoms with Gasteiger partial charge in [0.1, 0.15) is 0 Å². The van der Waals surface area contributed by atoms with Crippen LogP contribution in [0.2, 0.25) is 0 Å². The third kappa shape index (κ3) is 4.64. The SMILES string of the molecule is Cc1ccc(S(=O)(=O)NCCc2nc(-c3ccc(-c4csc(C5CC5)n4)cc3)no2)cc1. The van der Waals surface area contributed by atoms with Crippen molar-refractivity contribution in [1.29, 1.82) is 0 Å². The van der Waals surface area contributed by atoms with Gasteiger partial charge in [-0.3, -0.25) is 0 Å². The molecule has 164 valence electrons. The minimum atomic E-state index is -3.57. The summed E-state index contributed by atoms with van der Waals surface area (Å²) in [5, 5.41) is 7.36. The largest absolute Gasteiger partial charge is 0.339 e. The molecule has 0 radical (unpaired) electrons. The Balaban J connectivity index is 1.20. The van der Waals surface area contributed by atoms with Gasteiger partial charge in [-0.1, -0.05) is 47.1 Å². The zero-order chi connectivity index (χ0) is 22.1. The molecule has 0 aliphatic heterocycles. The van der Waals surface area contributed by atoms with Gasteiger partial charge in [0.25, 0.3) is 0 Å². The number of aromatic nitrogens is 3. The van der Waals surface area contributed by atoms with Crippen LogP contribution in [0.25, 0.3) is 22.6 Å². The molecule has 2 aromatic carbocycles. The van der Waals surface area contributed by atoms with Gasteiger partial charge in [0, 0.05) is 35.4 Å². The first-order chi connectivity index (χ1) is 15.5. The predicted molar refractivity (Wildman–Crippen MR) is 123 cm³/mol. The summed E-state index contributed by atoms with van der Waals surface area (Å²) in [6.45, 7) is 2.08.